The van der Waals surface area contributed by atoms with Crippen LogP contribution in [0.3, 0.4) is 0 Å². The fourth-order valence-electron chi connectivity index (χ4n) is 2.01. The van der Waals surface area contributed by atoms with Crippen molar-refractivity contribution in [3.8, 4) is 0 Å². The van der Waals surface area contributed by atoms with Crippen LogP contribution in [0.4, 0.5) is 0 Å². The Morgan fingerprint density at radius 3 is 2.93 bits per heavy atom. The summed E-state index contributed by atoms with van der Waals surface area (Å²) in [7, 11) is 0. The first-order valence-corrected chi connectivity index (χ1v) is 5.45. The van der Waals surface area contributed by atoms with Crippen molar-refractivity contribution in [3.63, 3.8) is 0 Å². The van der Waals surface area contributed by atoms with Gasteiger partial charge >= 0.3 is 0 Å². The van der Waals surface area contributed by atoms with E-state index in [9.17, 15) is 4.79 Å². The molecule has 0 aromatic carbocycles. The predicted octanol–water partition coefficient (Wildman–Crippen LogP) is 2.29. The number of rotatable bonds is 2. The molecule has 0 fully saturated rings. The zero-order chi connectivity index (χ0) is 10.8. The van der Waals surface area contributed by atoms with Crippen LogP contribution in [-0.4, -0.2) is 15.6 Å². The zero-order valence-electron chi connectivity index (χ0n) is 9.23. The number of carbonyl (C=O) groups is 1. The lowest BCUT2D eigenvalue weighted by Crippen LogP contribution is -2.10. The summed E-state index contributed by atoms with van der Waals surface area (Å²) in [6, 6.07) is 0. The second kappa shape index (κ2) is 4.01. The fourth-order valence-corrected chi connectivity index (χ4v) is 2.01. The lowest BCUT2D eigenvalue weighted by molar-refractivity contribution is -0.115. The normalized spacial score (nSPS) is 21.6. The molecule has 1 aliphatic rings. The van der Waals surface area contributed by atoms with Gasteiger partial charge in [-0.2, -0.15) is 5.10 Å². The summed E-state index contributed by atoms with van der Waals surface area (Å²) in [5.41, 5.74) is 2.23. The largest absolute Gasteiger partial charge is 0.295 e. The molecule has 0 saturated heterocycles. The van der Waals surface area contributed by atoms with E-state index in [1.54, 1.807) is 6.08 Å². The van der Waals surface area contributed by atoms with Crippen LogP contribution in [0.2, 0.25) is 0 Å². The molecular weight excluding hydrogens is 188 g/mol. The van der Waals surface area contributed by atoms with Crippen molar-refractivity contribution < 1.29 is 4.79 Å². The average Bonchev–Trinajstić information content (AvgIpc) is 2.64. The van der Waals surface area contributed by atoms with Gasteiger partial charge in [0.2, 0.25) is 0 Å². The Kier molecular flexibility index (Phi) is 2.71. The van der Waals surface area contributed by atoms with Gasteiger partial charge in [0.05, 0.1) is 6.20 Å². The summed E-state index contributed by atoms with van der Waals surface area (Å²) >= 11 is 0. The van der Waals surface area contributed by atoms with Crippen molar-refractivity contribution in [2.75, 3.05) is 0 Å². The molecular formula is C12H16N2O. The van der Waals surface area contributed by atoms with E-state index in [2.05, 4.69) is 18.9 Å². The van der Waals surface area contributed by atoms with Gasteiger partial charge in [-0.15, -0.1) is 0 Å². The van der Waals surface area contributed by atoms with E-state index < -0.39 is 0 Å². The summed E-state index contributed by atoms with van der Waals surface area (Å²) in [4.78, 5) is 11.4. The first-order valence-electron chi connectivity index (χ1n) is 5.45. The van der Waals surface area contributed by atoms with Gasteiger partial charge in [0.15, 0.2) is 5.78 Å². The Balaban J connectivity index is 2.26. The average molecular weight is 204 g/mol. The number of hydrogen-bond acceptors (Lipinski definition) is 2. The van der Waals surface area contributed by atoms with Gasteiger partial charge < -0.3 is 0 Å². The lowest BCUT2D eigenvalue weighted by atomic mass is 9.87. The van der Waals surface area contributed by atoms with Crippen LogP contribution in [0.1, 0.15) is 32.3 Å². The van der Waals surface area contributed by atoms with Gasteiger partial charge in [-0.25, -0.2) is 0 Å². The second-order valence-electron chi connectivity index (χ2n) is 4.23. The molecule has 1 aliphatic carbocycles. The van der Waals surface area contributed by atoms with E-state index >= 15 is 0 Å². The quantitative estimate of drug-likeness (QED) is 0.740. The molecule has 1 atom stereocenters. The Morgan fingerprint density at radius 2 is 2.33 bits per heavy atom. The summed E-state index contributed by atoms with van der Waals surface area (Å²) in [5, 5.41) is 4.22. The van der Waals surface area contributed by atoms with Gasteiger partial charge in [-0.1, -0.05) is 6.92 Å². The maximum Gasteiger partial charge on any atom is 0.156 e. The summed E-state index contributed by atoms with van der Waals surface area (Å²) < 4.78 is 1.89. The van der Waals surface area contributed by atoms with Crippen LogP contribution >= 0.6 is 0 Å². The second-order valence-corrected chi connectivity index (χ2v) is 4.23. The number of carbonyl (C=O) groups excluding carboxylic acids is 1. The molecule has 0 saturated carbocycles. The van der Waals surface area contributed by atoms with E-state index in [0.717, 1.165) is 24.1 Å². The van der Waals surface area contributed by atoms with Crippen LogP contribution in [0.15, 0.2) is 18.5 Å². The number of aryl methyl sites for hydroxylation is 1. The number of ketones is 1. The molecule has 0 radical (unpaired) electrons. The molecule has 0 spiro atoms. The van der Waals surface area contributed by atoms with Gasteiger partial charge in [-0.05, 0) is 30.9 Å². The molecule has 1 aromatic heterocycles. The molecule has 15 heavy (non-hydrogen) atoms. The Morgan fingerprint density at radius 1 is 1.53 bits per heavy atom. The van der Waals surface area contributed by atoms with Gasteiger partial charge in [0, 0.05) is 24.7 Å². The van der Waals surface area contributed by atoms with Gasteiger partial charge in [0.25, 0.3) is 0 Å². The third kappa shape index (κ3) is 2.17. The highest BCUT2D eigenvalue weighted by Crippen LogP contribution is 2.28. The van der Waals surface area contributed by atoms with Crippen molar-refractivity contribution in [1.82, 2.24) is 9.78 Å². The molecule has 0 amide bonds. The molecule has 0 bridgehead atoms. The van der Waals surface area contributed by atoms with Crippen LogP contribution in [0, 0.1) is 5.92 Å². The highest BCUT2D eigenvalue weighted by Gasteiger charge is 2.18. The Labute approximate surface area is 89.8 Å². The Bertz CT molecular complexity index is 404. The van der Waals surface area contributed by atoms with E-state index in [4.69, 9.17) is 0 Å². The predicted molar refractivity (Wildman–Crippen MR) is 59.3 cm³/mol. The lowest BCUT2D eigenvalue weighted by Gasteiger charge is -2.16. The van der Waals surface area contributed by atoms with Crippen LogP contribution in [0.25, 0.3) is 5.57 Å². The monoisotopic (exact) mass is 204 g/mol. The molecule has 0 N–H and O–H groups in total. The minimum Gasteiger partial charge on any atom is -0.295 e. The minimum atomic E-state index is 0.244. The smallest absolute Gasteiger partial charge is 0.156 e. The van der Waals surface area contributed by atoms with Crippen LogP contribution in [0.5, 0.6) is 0 Å². The van der Waals surface area contributed by atoms with E-state index in [1.165, 1.54) is 0 Å². The van der Waals surface area contributed by atoms with Gasteiger partial charge in [-0.3, -0.25) is 9.48 Å². The number of nitrogens with zero attached hydrogens (tertiary/aromatic N) is 2. The van der Waals surface area contributed by atoms with Gasteiger partial charge in [0.1, 0.15) is 0 Å². The first-order chi connectivity index (χ1) is 7.19. The summed E-state index contributed by atoms with van der Waals surface area (Å²) in [6.07, 6.45) is 7.31. The highest BCUT2D eigenvalue weighted by molar-refractivity contribution is 5.98. The minimum absolute atomic E-state index is 0.244. The molecule has 1 heterocycles. The number of hydrogen-bond donors (Lipinski definition) is 0. The maximum absolute atomic E-state index is 11.4. The molecule has 0 aliphatic heterocycles. The molecule has 3 heteroatoms. The number of aromatic nitrogens is 2. The summed E-state index contributed by atoms with van der Waals surface area (Å²) in [6.45, 7) is 5.05. The molecule has 2 rings (SSSR count). The maximum atomic E-state index is 11.4. The van der Waals surface area contributed by atoms with Crippen molar-refractivity contribution in [1.29, 1.82) is 0 Å². The fraction of sp³-hybridized carbons (Fsp3) is 0.500. The van der Waals surface area contributed by atoms with E-state index in [-0.39, 0.29) is 5.78 Å². The highest BCUT2D eigenvalue weighted by atomic mass is 16.1. The molecule has 1 unspecified atom stereocenters. The van der Waals surface area contributed by atoms with Crippen molar-refractivity contribution >= 4 is 11.4 Å². The standard InChI is InChI=1S/C12H16N2O/c1-3-14-8-11(7-13-14)10-4-9(2)5-12(15)6-10/h6-9H,3-5H2,1-2H3. The van der Waals surface area contributed by atoms with E-state index in [0.29, 0.717) is 12.3 Å². The van der Waals surface area contributed by atoms with Crippen molar-refractivity contribution in [2.24, 2.45) is 5.92 Å². The molecule has 80 valence electrons. The third-order valence-corrected chi connectivity index (χ3v) is 2.78. The molecule has 1 aromatic rings. The zero-order valence-corrected chi connectivity index (χ0v) is 9.23. The van der Waals surface area contributed by atoms with Crippen LogP contribution in [-0.2, 0) is 11.3 Å². The van der Waals surface area contributed by atoms with Crippen molar-refractivity contribution in [3.05, 3.63) is 24.0 Å². The first kappa shape index (κ1) is 10.1. The third-order valence-electron chi connectivity index (χ3n) is 2.78. The van der Waals surface area contributed by atoms with Crippen molar-refractivity contribution in [2.45, 2.75) is 33.2 Å². The summed E-state index contributed by atoms with van der Waals surface area (Å²) in [5.74, 6) is 0.704. The Hall–Kier alpha value is -1.38. The van der Waals surface area contributed by atoms with Crippen LogP contribution < -0.4 is 0 Å². The number of allylic oxidation sites excluding steroid dienone is 2. The van der Waals surface area contributed by atoms with E-state index in [1.807, 2.05) is 17.1 Å². The topological polar surface area (TPSA) is 34.9 Å². The SMILES string of the molecule is CCn1cc(C2=CC(=O)CC(C)C2)cn1. The molecule has 3 nitrogen and oxygen atoms in total.